The maximum absolute atomic E-state index is 5.38. The van der Waals surface area contributed by atoms with Crippen molar-refractivity contribution in [1.82, 2.24) is 15.2 Å². The van der Waals surface area contributed by atoms with E-state index in [1.807, 2.05) is 19.0 Å². The summed E-state index contributed by atoms with van der Waals surface area (Å²) in [5.41, 5.74) is 0.880. The molecular weight excluding hydrogens is 218 g/mol. The van der Waals surface area contributed by atoms with E-state index >= 15 is 0 Å². The number of likely N-dealkylation sites (N-methyl/N-ethyl adjacent to an activating group) is 1. The van der Waals surface area contributed by atoms with Gasteiger partial charge in [-0.3, -0.25) is 0 Å². The van der Waals surface area contributed by atoms with Gasteiger partial charge in [-0.05, 0) is 26.6 Å². The Labute approximate surface area is 103 Å². The summed E-state index contributed by atoms with van der Waals surface area (Å²) in [6.45, 7) is 7.48. The van der Waals surface area contributed by atoms with Crippen LogP contribution in [0, 0.1) is 5.92 Å². The summed E-state index contributed by atoms with van der Waals surface area (Å²) in [6, 6.07) is 0. The van der Waals surface area contributed by atoms with Crippen LogP contribution in [0.25, 0.3) is 0 Å². The molecule has 0 aliphatic rings. The quantitative estimate of drug-likeness (QED) is 0.744. The zero-order valence-electron chi connectivity index (χ0n) is 11.2. The normalized spacial score (nSPS) is 11.4. The second-order valence-electron chi connectivity index (χ2n) is 4.78. The van der Waals surface area contributed by atoms with E-state index in [-0.39, 0.29) is 0 Å². The lowest BCUT2D eigenvalue weighted by molar-refractivity contribution is 0.203. The lowest BCUT2D eigenvalue weighted by atomic mass is 10.2. The molecule has 98 valence electrons. The number of aromatic nitrogens is 1. The molecule has 0 bridgehead atoms. The monoisotopic (exact) mass is 241 g/mol. The fraction of sp³-hybridized carbons (Fsp3) is 0.750. The highest BCUT2D eigenvalue weighted by molar-refractivity contribution is 4.99. The van der Waals surface area contributed by atoms with Gasteiger partial charge in [0.2, 0.25) is 0 Å². The van der Waals surface area contributed by atoms with Crippen molar-refractivity contribution in [2.75, 3.05) is 33.8 Å². The molecule has 1 rings (SSSR count). The molecule has 0 aliphatic carbocycles. The van der Waals surface area contributed by atoms with E-state index in [1.54, 1.807) is 6.26 Å². The highest BCUT2D eigenvalue weighted by Crippen LogP contribution is 2.09. The third-order valence-electron chi connectivity index (χ3n) is 2.15. The van der Waals surface area contributed by atoms with Crippen molar-refractivity contribution in [2.45, 2.75) is 20.4 Å². The Balaban J connectivity index is 2.23. The van der Waals surface area contributed by atoms with E-state index in [0.717, 1.165) is 25.3 Å². The third-order valence-corrected chi connectivity index (χ3v) is 2.15. The molecule has 0 fully saturated rings. The van der Waals surface area contributed by atoms with Crippen LogP contribution < -0.4 is 10.1 Å². The molecule has 1 aromatic heterocycles. The van der Waals surface area contributed by atoms with E-state index < -0.39 is 0 Å². The van der Waals surface area contributed by atoms with Crippen LogP contribution in [0.2, 0.25) is 0 Å². The van der Waals surface area contributed by atoms with Crippen LogP contribution in [0.3, 0.4) is 0 Å². The molecule has 0 amide bonds. The van der Waals surface area contributed by atoms with Gasteiger partial charge in [-0.1, -0.05) is 13.8 Å². The van der Waals surface area contributed by atoms with Gasteiger partial charge in [-0.2, -0.15) is 4.98 Å². The van der Waals surface area contributed by atoms with Gasteiger partial charge in [0, 0.05) is 13.1 Å². The fourth-order valence-electron chi connectivity index (χ4n) is 1.24. The molecule has 0 radical (unpaired) electrons. The summed E-state index contributed by atoms with van der Waals surface area (Å²) in [5, 5.41) is 3.30. The molecule has 0 spiro atoms. The van der Waals surface area contributed by atoms with Crippen LogP contribution >= 0.6 is 0 Å². The van der Waals surface area contributed by atoms with Crippen molar-refractivity contribution < 1.29 is 9.15 Å². The summed E-state index contributed by atoms with van der Waals surface area (Å²) >= 11 is 0. The van der Waals surface area contributed by atoms with Crippen molar-refractivity contribution in [1.29, 1.82) is 0 Å². The first kappa shape index (κ1) is 14.0. The van der Waals surface area contributed by atoms with Crippen LogP contribution in [-0.4, -0.2) is 43.7 Å². The number of rotatable bonds is 8. The Morgan fingerprint density at radius 2 is 2.24 bits per heavy atom. The van der Waals surface area contributed by atoms with Crippen molar-refractivity contribution >= 4 is 0 Å². The van der Waals surface area contributed by atoms with E-state index in [0.29, 0.717) is 18.6 Å². The Kier molecular flexibility index (Phi) is 6.00. The van der Waals surface area contributed by atoms with Gasteiger partial charge < -0.3 is 19.4 Å². The highest BCUT2D eigenvalue weighted by Gasteiger charge is 2.05. The zero-order valence-corrected chi connectivity index (χ0v) is 11.2. The minimum absolute atomic E-state index is 0.355. The number of nitrogens with one attached hydrogen (secondary N) is 1. The molecule has 1 aromatic rings. The van der Waals surface area contributed by atoms with E-state index in [1.165, 1.54) is 0 Å². The molecule has 0 unspecified atom stereocenters. The molecule has 5 nitrogen and oxygen atoms in total. The van der Waals surface area contributed by atoms with Crippen molar-refractivity contribution in [2.24, 2.45) is 5.92 Å². The summed E-state index contributed by atoms with van der Waals surface area (Å²) < 4.78 is 10.6. The maximum atomic E-state index is 5.38. The van der Waals surface area contributed by atoms with Gasteiger partial charge in [0.1, 0.15) is 12.9 Å². The Hall–Kier alpha value is -1.07. The van der Waals surface area contributed by atoms with Gasteiger partial charge in [-0.25, -0.2) is 0 Å². The van der Waals surface area contributed by atoms with Crippen molar-refractivity contribution in [3.8, 4) is 6.08 Å². The predicted octanol–water partition coefficient (Wildman–Crippen LogP) is 1.36. The van der Waals surface area contributed by atoms with Gasteiger partial charge in [0.15, 0.2) is 0 Å². The van der Waals surface area contributed by atoms with Crippen molar-refractivity contribution in [3.05, 3.63) is 12.0 Å². The molecule has 0 atom stereocenters. The number of ether oxygens (including phenoxy) is 1. The first-order valence-corrected chi connectivity index (χ1v) is 6.00. The Bertz CT molecular complexity index is 282. The van der Waals surface area contributed by atoms with Crippen LogP contribution in [0.1, 0.15) is 19.5 Å². The zero-order chi connectivity index (χ0) is 12.7. The molecule has 0 aliphatic heterocycles. The average Bonchev–Trinajstić information content (AvgIpc) is 2.65. The molecule has 17 heavy (non-hydrogen) atoms. The van der Waals surface area contributed by atoms with Crippen LogP contribution in [0.5, 0.6) is 6.08 Å². The topological polar surface area (TPSA) is 50.5 Å². The van der Waals surface area contributed by atoms with Crippen molar-refractivity contribution in [3.63, 3.8) is 0 Å². The largest absolute Gasteiger partial charge is 0.449 e. The smallest absolute Gasteiger partial charge is 0.393 e. The van der Waals surface area contributed by atoms with Gasteiger partial charge in [0.05, 0.1) is 5.69 Å². The molecule has 1 N–H and O–H groups in total. The number of hydrogen-bond donors (Lipinski definition) is 1. The summed E-state index contributed by atoms with van der Waals surface area (Å²) in [7, 11) is 4.00. The predicted molar refractivity (Wildman–Crippen MR) is 67.1 cm³/mol. The number of hydrogen-bond acceptors (Lipinski definition) is 5. The average molecular weight is 241 g/mol. The van der Waals surface area contributed by atoms with Crippen LogP contribution in [0.15, 0.2) is 10.7 Å². The lowest BCUT2D eigenvalue weighted by Crippen LogP contribution is -2.20. The molecule has 0 saturated heterocycles. The third kappa shape index (κ3) is 6.28. The van der Waals surface area contributed by atoms with E-state index in [2.05, 4.69) is 24.1 Å². The minimum atomic E-state index is 0.355. The van der Waals surface area contributed by atoms with Gasteiger partial charge >= 0.3 is 6.08 Å². The maximum Gasteiger partial charge on any atom is 0.393 e. The molecule has 0 saturated carbocycles. The number of nitrogens with zero attached hydrogens (tertiary/aromatic N) is 2. The second-order valence-corrected chi connectivity index (χ2v) is 4.78. The summed E-state index contributed by atoms with van der Waals surface area (Å²) in [6.07, 6.45) is 1.99. The summed E-state index contributed by atoms with van der Waals surface area (Å²) in [5.74, 6) is 0.637. The highest BCUT2D eigenvalue weighted by atomic mass is 16.6. The Morgan fingerprint density at radius 1 is 1.47 bits per heavy atom. The fourth-order valence-corrected chi connectivity index (χ4v) is 1.24. The van der Waals surface area contributed by atoms with Gasteiger partial charge in [0.25, 0.3) is 0 Å². The second kappa shape index (κ2) is 7.29. The first-order valence-electron chi connectivity index (χ1n) is 6.00. The number of oxazole rings is 1. The van der Waals surface area contributed by atoms with Crippen LogP contribution in [0.4, 0.5) is 0 Å². The summed E-state index contributed by atoms with van der Waals surface area (Å²) in [4.78, 5) is 6.28. The minimum Gasteiger partial charge on any atom is -0.449 e. The molecule has 0 aromatic carbocycles. The van der Waals surface area contributed by atoms with Gasteiger partial charge in [-0.15, -0.1) is 0 Å². The lowest BCUT2D eigenvalue weighted by Gasteiger charge is -2.07. The molecular formula is C12H23N3O2. The SMILES string of the molecule is CC(C)CNCc1coc(OCCN(C)C)n1. The Morgan fingerprint density at radius 3 is 2.88 bits per heavy atom. The van der Waals surface area contributed by atoms with Crippen LogP contribution in [-0.2, 0) is 6.54 Å². The first-order chi connectivity index (χ1) is 8.08. The van der Waals surface area contributed by atoms with E-state index in [9.17, 15) is 0 Å². The molecule has 1 heterocycles. The van der Waals surface area contributed by atoms with E-state index in [4.69, 9.17) is 9.15 Å². The standard InChI is InChI=1S/C12H23N3O2/c1-10(2)7-13-8-11-9-17-12(14-11)16-6-5-15(3)4/h9-10,13H,5-8H2,1-4H3. The molecule has 5 heteroatoms.